The summed E-state index contributed by atoms with van der Waals surface area (Å²) in [6.45, 7) is 2.07. The molecular weight excluding hydrogens is 202 g/mol. The second-order valence-corrected chi connectivity index (χ2v) is 4.37. The Morgan fingerprint density at radius 1 is 1.25 bits per heavy atom. The molecule has 0 heterocycles. The Morgan fingerprint density at radius 3 is 2.62 bits per heavy atom. The van der Waals surface area contributed by atoms with Gasteiger partial charge in [-0.1, -0.05) is 6.07 Å². The van der Waals surface area contributed by atoms with Gasteiger partial charge in [0, 0.05) is 13.2 Å². The first-order valence-corrected chi connectivity index (χ1v) is 5.67. The minimum absolute atomic E-state index is 0.425. The largest absolute Gasteiger partial charge is 0.495 e. The van der Waals surface area contributed by atoms with Crippen molar-refractivity contribution in [2.75, 3.05) is 19.5 Å². The molecule has 16 heavy (non-hydrogen) atoms. The lowest BCUT2D eigenvalue weighted by molar-refractivity contribution is 0.0328. The summed E-state index contributed by atoms with van der Waals surface area (Å²) in [6.07, 6.45) is 2.58. The van der Waals surface area contributed by atoms with Crippen LogP contribution in [0.4, 0.5) is 5.69 Å². The van der Waals surface area contributed by atoms with Crippen LogP contribution in [0.1, 0.15) is 18.4 Å². The molecule has 1 aliphatic rings. The maximum Gasteiger partial charge on any atom is 0.142 e. The summed E-state index contributed by atoms with van der Waals surface area (Å²) in [4.78, 5) is 0. The first kappa shape index (κ1) is 11.3. The van der Waals surface area contributed by atoms with Gasteiger partial charge in [-0.05, 0) is 37.5 Å². The van der Waals surface area contributed by atoms with Crippen molar-refractivity contribution < 1.29 is 9.47 Å². The number of hydrogen-bond donors (Lipinski definition) is 1. The summed E-state index contributed by atoms with van der Waals surface area (Å²) in [5.41, 5.74) is 2.29. The number of hydrogen-bond acceptors (Lipinski definition) is 3. The SMILES string of the molecule is COc1cc(C)ccc1NC1CC(OC)C1. The van der Waals surface area contributed by atoms with E-state index in [0.29, 0.717) is 12.1 Å². The van der Waals surface area contributed by atoms with E-state index >= 15 is 0 Å². The molecule has 1 aromatic carbocycles. The van der Waals surface area contributed by atoms with E-state index in [1.807, 2.05) is 0 Å². The van der Waals surface area contributed by atoms with Crippen LogP contribution in [-0.4, -0.2) is 26.4 Å². The average Bonchev–Trinajstić information content (AvgIpc) is 2.24. The fourth-order valence-corrected chi connectivity index (χ4v) is 2.01. The van der Waals surface area contributed by atoms with E-state index in [1.54, 1.807) is 14.2 Å². The normalized spacial score (nSPS) is 23.7. The second-order valence-electron chi connectivity index (χ2n) is 4.37. The Labute approximate surface area is 96.8 Å². The highest BCUT2D eigenvalue weighted by Gasteiger charge is 2.29. The zero-order valence-electron chi connectivity index (χ0n) is 10.1. The van der Waals surface area contributed by atoms with Crippen molar-refractivity contribution in [1.29, 1.82) is 0 Å². The molecule has 3 heteroatoms. The maximum atomic E-state index is 5.36. The van der Waals surface area contributed by atoms with Gasteiger partial charge >= 0.3 is 0 Å². The Bertz CT molecular complexity index is 359. The van der Waals surface area contributed by atoms with Gasteiger partial charge in [0.2, 0.25) is 0 Å². The first-order valence-electron chi connectivity index (χ1n) is 5.67. The average molecular weight is 221 g/mol. The van der Waals surface area contributed by atoms with E-state index < -0.39 is 0 Å². The van der Waals surface area contributed by atoms with Crippen molar-refractivity contribution in [3.8, 4) is 5.75 Å². The number of aryl methyl sites for hydroxylation is 1. The van der Waals surface area contributed by atoms with Crippen LogP contribution in [0.5, 0.6) is 5.75 Å². The summed E-state index contributed by atoms with van der Waals surface area (Å²) < 4.78 is 10.6. The third kappa shape index (κ3) is 2.30. The molecule has 0 unspecified atom stereocenters. The Balaban J connectivity index is 1.99. The van der Waals surface area contributed by atoms with Crippen molar-refractivity contribution in [2.45, 2.75) is 31.9 Å². The van der Waals surface area contributed by atoms with Gasteiger partial charge in [0.05, 0.1) is 18.9 Å². The Morgan fingerprint density at radius 2 is 2.00 bits per heavy atom. The lowest BCUT2D eigenvalue weighted by Crippen LogP contribution is -2.40. The van der Waals surface area contributed by atoms with Gasteiger partial charge in [0.25, 0.3) is 0 Å². The Kier molecular flexibility index (Phi) is 3.34. The third-order valence-corrected chi connectivity index (χ3v) is 3.14. The van der Waals surface area contributed by atoms with Crippen LogP contribution < -0.4 is 10.1 Å². The molecule has 1 N–H and O–H groups in total. The molecule has 0 amide bonds. The van der Waals surface area contributed by atoms with Gasteiger partial charge in [0.1, 0.15) is 5.75 Å². The van der Waals surface area contributed by atoms with Crippen LogP contribution in [0, 0.1) is 6.92 Å². The molecule has 2 rings (SSSR count). The number of methoxy groups -OCH3 is 2. The molecule has 0 atom stereocenters. The highest BCUT2D eigenvalue weighted by molar-refractivity contribution is 5.58. The topological polar surface area (TPSA) is 30.5 Å². The summed E-state index contributed by atoms with van der Waals surface area (Å²) >= 11 is 0. The van der Waals surface area contributed by atoms with E-state index in [2.05, 4.69) is 30.4 Å². The molecule has 0 aromatic heterocycles. The fraction of sp³-hybridized carbons (Fsp3) is 0.538. The van der Waals surface area contributed by atoms with Crippen LogP contribution in [0.25, 0.3) is 0 Å². The van der Waals surface area contributed by atoms with Gasteiger partial charge in [-0.2, -0.15) is 0 Å². The molecule has 1 aliphatic carbocycles. The van der Waals surface area contributed by atoms with Gasteiger partial charge in [0.15, 0.2) is 0 Å². The molecule has 0 aliphatic heterocycles. The van der Waals surface area contributed by atoms with E-state index in [0.717, 1.165) is 24.3 Å². The molecule has 3 nitrogen and oxygen atoms in total. The molecule has 1 saturated carbocycles. The molecule has 1 aromatic rings. The van der Waals surface area contributed by atoms with Crippen molar-refractivity contribution in [1.82, 2.24) is 0 Å². The smallest absolute Gasteiger partial charge is 0.142 e. The van der Waals surface area contributed by atoms with Crippen molar-refractivity contribution in [2.24, 2.45) is 0 Å². The van der Waals surface area contributed by atoms with Gasteiger partial charge < -0.3 is 14.8 Å². The quantitative estimate of drug-likeness (QED) is 0.847. The number of anilines is 1. The predicted octanol–water partition coefficient (Wildman–Crippen LogP) is 2.59. The number of rotatable bonds is 4. The predicted molar refractivity (Wildman–Crippen MR) is 65.2 cm³/mol. The minimum Gasteiger partial charge on any atom is -0.495 e. The van der Waals surface area contributed by atoms with E-state index in [1.165, 1.54) is 5.56 Å². The van der Waals surface area contributed by atoms with Gasteiger partial charge in [-0.3, -0.25) is 0 Å². The van der Waals surface area contributed by atoms with Gasteiger partial charge in [-0.25, -0.2) is 0 Å². The molecule has 1 fully saturated rings. The lowest BCUT2D eigenvalue weighted by atomic mass is 9.89. The van der Waals surface area contributed by atoms with Crippen LogP contribution in [-0.2, 0) is 4.74 Å². The summed E-state index contributed by atoms with van der Waals surface area (Å²) in [5, 5.41) is 3.48. The number of benzene rings is 1. The molecular formula is C13H19NO2. The first-order chi connectivity index (χ1) is 7.72. The van der Waals surface area contributed by atoms with Crippen LogP contribution in [0.2, 0.25) is 0 Å². The molecule has 0 saturated heterocycles. The lowest BCUT2D eigenvalue weighted by Gasteiger charge is -2.35. The molecule has 88 valence electrons. The zero-order valence-corrected chi connectivity index (χ0v) is 10.1. The van der Waals surface area contributed by atoms with Crippen molar-refractivity contribution in [3.63, 3.8) is 0 Å². The van der Waals surface area contributed by atoms with Gasteiger partial charge in [-0.15, -0.1) is 0 Å². The van der Waals surface area contributed by atoms with Crippen LogP contribution >= 0.6 is 0 Å². The molecule has 0 bridgehead atoms. The minimum atomic E-state index is 0.425. The summed E-state index contributed by atoms with van der Waals surface area (Å²) in [5.74, 6) is 0.917. The fourth-order valence-electron chi connectivity index (χ4n) is 2.01. The zero-order chi connectivity index (χ0) is 11.5. The number of ether oxygens (including phenoxy) is 2. The Hall–Kier alpha value is -1.22. The molecule has 0 radical (unpaired) electrons. The highest BCUT2D eigenvalue weighted by Crippen LogP contribution is 2.31. The van der Waals surface area contributed by atoms with E-state index in [9.17, 15) is 0 Å². The van der Waals surface area contributed by atoms with E-state index in [4.69, 9.17) is 9.47 Å². The van der Waals surface area contributed by atoms with Crippen molar-refractivity contribution >= 4 is 5.69 Å². The maximum absolute atomic E-state index is 5.36. The standard InChI is InChI=1S/C13H19NO2/c1-9-4-5-12(13(6-9)16-3)14-10-7-11(8-10)15-2/h4-6,10-11,14H,7-8H2,1-3H3. The summed E-state index contributed by atoms with van der Waals surface area (Å²) in [7, 11) is 3.48. The third-order valence-electron chi connectivity index (χ3n) is 3.14. The molecule has 0 spiro atoms. The van der Waals surface area contributed by atoms with Crippen LogP contribution in [0.15, 0.2) is 18.2 Å². The monoisotopic (exact) mass is 221 g/mol. The second kappa shape index (κ2) is 4.74. The van der Waals surface area contributed by atoms with E-state index in [-0.39, 0.29) is 0 Å². The highest BCUT2D eigenvalue weighted by atomic mass is 16.5. The summed E-state index contributed by atoms with van der Waals surface area (Å²) in [6, 6.07) is 6.74. The van der Waals surface area contributed by atoms with Crippen molar-refractivity contribution in [3.05, 3.63) is 23.8 Å². The number of nitrogens with one attached hydrogen (secondary N) is 1. The van der Waals surface area contributed by atoms with Crippen LogP contribution in [0.3, 0.4) is 0 Å².